The Morgan fingerprint density at radius 2 is 1.77 bits per heavy atom. The van der Waals surface area contributed by atoms with Gasteiger partial charge in [-0.05, 0) is 67.3 Å². The van der Waals surface area contributed by atoms with Gasteiger partial charge < -0.3 is 16.0 Å². The summed E-state index contributed by atoms with van der Waals surface area (Å²) >= 11 is 0. The average molecular weight is 451 g/mol. The Labute approximate surface area is 191 Å². The number of hydrogen-bond acceptors (Lipinski definition) is 4. The number of carbonyl (C=O) groups is 1. The number of rotatable bonds is 4. The van der Waals surface area contributed by atoms with Gasteiger partial charge in [0.2, 0.25) is 0 Å². The van der Waals surface area contributed by atoms with Crippen molar-refractivity contribution in [2.24, 2.45) is 0 Å². The number of benzene rings is 2. The van der Waals surface area contributed by atoms with E-state index in [0.717, 1.165) is 63.2 Å². The number of amides is 1. The number of nitrogen functional groups attached to an aromatic ring is 1. The van der Waals surface area contributed by atoms with E-state index in [9.17, 15) is 4.79 Å². The molecule has 0 aromatic heterocycles. The maximum Gasteiger partial charge on any atom is 0.251 e. The lowest BCUT2D eigenvalue weighted by atomic mass is 9.87. The van der Waals surface area contributed by atoms with E-state index in [1.54, 1.807) is 0 Å². The van der Waals surface area contributed by atoms with Crippen molar-refractivity contribution in [3.63, 3.8) is 0 Å². The van der Waals surface area contributed by atoms with Gasteiger partial charge in [0, 0.05) is 44.0 Å². The first kappa shape index (κ1) is 24.5. The number of halogens is 2. The molecule has 2 aromatic carbocycles. The smallest absolute Gasteiger partial charge is 0.251 e. The monoisotopic (exact) mass is 450 g/mol. The number of nitrogens with two attached hydrogens (primary N) is 1. The molecule has 1 amide bonds. The summed E-state index contributed by atoms with van der Waals surface area (Å²) in [7, 11) is 2.17. The first-order valence-corrected chi connectivity index (χ1v) is 10.3. The van der Waals surface area contributed by atoms with Crippen LogP contribution in [0.1, 0.15) is 45.9 Å². The van der Waals surface area contributed by atoms with Gasteiger partial charge in [0.25, 0.3) is 5.91 Å². The zero-order valence-electron chi connectivity index (χ0n) is 17.5. The molecule has 164 valence electrons. The van der Waals surface area contributed by atoms with Crippen LogP contribution in [0.25, 0.3) is 0 Å². The number of carbonyl (C=O) groups excluding carboxylic acids is 1. The minimum atomic E-state index is 0. The Morgan fingerprint density at radius 3 is 2.47 bits per heavy atom. The summed E-state index contributed by atoms with van der Waals surface area (Å²) in [6.45, 7) is 5.39. The molecule has 0 bridgehead atoms. The fourth-order valence-electron chi connectivity index (χ4n) is 4.25. The molecule has 2 aliphatic rings. The lowest BCUT2D eigenvalue weighted by Gasteiger charge is -2.32. The van der Waals surface area contributed by atoms with Crippen LogP contribution >= 0.6 is 24.8 Å². The van der Waals surface area contributed by atoms with Gasteiger partial charge in [-0.25, -0.2) is 0 Å². The summed E-state index contributed by atoms with van der Waals surface area (Å²) in [5.74, 6) is 0.000761. The lowest BCUT2D eigenvalue weighted by Crippen LogP contribution is -2.43. The summed E-state index contributed by atoms with van der Waals surface area (Å²) < 4.78 is 0. The van der Waals surface area contributed by atoms with Crippen molar-refractivity contribution < 1.29 is 4.79 Å². The molecule has 5 nitrogen and oxygen atoms in total. The molecule has 1 fully saturated rings. The van der Waals surface area contributed by atoms with Crippen LogP contribution < -0.4 is 11.1 Å². The molecular formula is C23H32Cl2N4O. The Morgan fingerprint density at radius 1 is 1.07 bits per heavy atom. The molecule has 1 aliphatic heterocycles. The maximum atomic E-state index is 12.8. The quantitative estimate of drug-likeness (QED) is 0.697. The van der Waals surface area contributed by atoms with E-state index >= 15 is 0 Å². The number of piperazine rings is 1. The molecule has 0 saturated carbocycles. The van der Waals surface area contributed by atoms with E-state index in [1.165, 1.54) is 16.7 Å². The van der Waals surface area contributed by atoms with Crippen LogP contribution in [0.5, 0.6) is 0 Å². The van der Waals surface area contributed by atoms with Crippen molar-refractivity contribution in [1.82, 2.24) is 15.1 Å². The van der Waals surface area contributed by atoms with Gasteiger partial charge >= 0.3 is 0 Å². The van der Waals surface area contributed by atoms with Crippen LogP contribution in [0.4, 0.5) is 5.69 Å². The summed E-state index contributed by atoms with van der Waals surface area (Å²) in [4.78, 5) is 17.6. The van der Waals surface area contributed by atoms with Gasteiger partial charge in [0.1, 0.15) is 0 Å². The SMILES string of the molecule is CN1CCN(Cc2ccc(C(=O)NC3CCCc4cc(N)ccc43)cc2)CC1.Cl.Cl. The summed E-state index contributed by atoms with van der Waals surface area (Å²) in [5.41, 5.74) is 11.2. The second-order valence-electron chi connectivity index (χ2n) is 8.15. The van der Waals surface area contributed by atoms with Crippen LogP contribution in [0.15, 0.2) is 42.5 Å². The number of fused-ring (bicyclic) bond motifs is 1. The lowest BCUT2D eigenvalue weighted by molar-refractivity contribution is 0.0932. The van der Waals surface area contributed by atoms with Crippen LogP contribution in [-0.4, -0.2) is 48.9 Å². The summed E-state index contributed by atoms with van der Waals surface area (Å²) in [5, 5.41) is 3.22. The zero-order chi connectivity index (χ0) is 19.5. The van der Waals surface area contributed by atoms with Crippen LogP contribution in [0.3, 0.4) is 0 Å². The molecule has 2 aromatic rings. The van der Waals surface area contributed by atoms with E-state index in [-0.39, 0.29) is 36.8 Å². The number of aryl methyl sites for hydroxylation is 1. The summed E-state index contributed by atoms with van der Waals surface area (Å²) in [6, 6.07) is 14.2. The molecule has 4 rings (SSSR count). The standard InChI is InChI=1S/C23H30N4O.2ClH/c1-26-11-13-27(14-12-26)16-17-5-7-18(8-6-17)23(28)25-22-4-2-3-19-15-20(24)9-10-21(19)22;;/h5-10,15,22H,2-4,11-14,16,24H2,1H3,(H,25,28);2*1H. The highest BCUT2D eigenvalue weighted by molar-refractivity contribution is 5.94. The van der Waals surface area contributed by atoms with Crippen LogP contribution in [0.2, 0.25) is 0 Å². The van der Waals surface area contributed by atoms with Crippen molar-refractivity contribution in [2.75, 3.05) is 39.0 Å². The molecule has 1 heterocycles. The number of hydrogen-bond donors (Lipinski definition) is 2. The maximum absolute atomic E-state index is 12.8. The molecular weight excluding hydrogens is 419 g/mol. The Hall–Kier alpha value is -1.79. The summed E-state index contributed by atoms with van der Waals surface area (Å²) in [6.07, 6.45) is 3.09. The van der Waals surface area contributed by atoms with Crippen molar-refractivity contribution >= 4 is 36.4 Å². The topological polar surface area (TPSA) is 61.6 Å². The minimum absolute atomic E-state index is 0. The Balaban J connectivity index is 0.00000160. The molecule has 1 unspecified atom stereocenters. The minimum Gasteiger partial charge on any atom is -0.399 e. The highest BCUT2D eigenvalue weighted by Gasteiger charge is 2.22. The van der Waals surface area contributed by atoms with Crippen LogP contribution in [0, 0.1) is 0 Å². The number of likely N-dealkylation sites (N-methyl/N-ethyl adjacent to an activating group) is 1. The third kappa shape index (κ3) is 5.88. The highest BCUT2D eigenvalue weighted by atomic mass is 35.5. The van der Waals surface area contributed by atoms with E-state index in [4.69, 9.17) is 5.73 Å². The van der Waals surface area contributed by atoms with E-state index < -0.39 is 0 Å². The number of nitrogens with zero attached hydrogens (tertiary/aromatic N) is 2. The molecule has 7 heteroatoms. The molecule has 3 N–H and O–H groups in total. The molecule has 0 spiro atoms. The normalized spacial score (nSPS) is 19.2. The second kappa shape index (κ2) is 11.0. The Kier molecular flexibility index (Phi) is 8.98. The zero-order valence-corrected chi connectivity index (χ0v) is 19.1. The third-order valence-electron chi connectivity index (χ3n) is 6.00. The van der Waals surface area contributed by atoms with Crippen molar-refractivity contribution in [3.05, 3.63) is 64.7 Å². The first-order chi connectivity index (χ1) is 13.6. The molecule has 0 radical (unpaired) electrons. The molecule has 30 heavy (non-hydrogen) atoms. The molecule has 1 aliphatic carbocycles. The predicted octanol–water partition coefficient (Wildman–Crippen LogP) is 3.67. The van der Waals surface area contributed by atoms with Gasteiger partial charge in [-0.15, -0.1) is 24.8 Å². The van der Waals surface area contributed by atoms with E-state index in [2.05, 4.69) is 40.4 Å². The van der Waals surface area contributed by atoms with Gasteiger partial charge in [0.15, 0.2) is 0 Å². The molecule has 1 saturated heterocycles. The molecule has 1 atom stereocenters. The van der Waals surface area contributed by atoms with Crippen molar-refractivity contribution in [2.45, 2.75) is 31.8 Å². The van der Waals surface area contributed by atoms with Gasteiger partial charge in [-0.1, -0.05) is 18.2 Å². The third-order valence-corrected chi connectivity index (χ3v) is 6.00. The first-order valence-electron chi connectivity index (χ1n) is 10.3. The van der Waals surface area contributed by atoms with Gasteiger partial charge in [0.05, 0.1) is 6.04 Å². The fourth-order valence-corrected chi connectivity index (χ4v) is 4.25. The van der Waals surface area contributed by atoms with E-state index in [1.807, 2.05) is 24.3 Å². The van der Waals surface area contributed by atoms with Crippen LogP contribution in [-0.2, 0) is 13.0 Å². The predicted molar refractivity (Wildman–Crippen MR) is 128 cm³/mol. The average Bonchev–Trinajstić information content (AvgIpc) is 2.70. The van der Waals surface area contributed by atoms with Crippen molar-refractivity contribution in [3.8, 4) is 0 Å². The second-order valence-corrected chi connectivity index (χ2v) is 8.15. The van der Waals surface area contributed by atoms with Gasteiger partial charge in [-0.2, -0.15) is 0 Å². The van der Waals surface area contributed by atoms with Gasteiger partial charge in [-0.3, -0.25) is 9.69 Å². The number of anilines is 1. The van der Waals surface area contributed by atoms with E-state index in [0.29, 0.717) is 0 Å². The fraction of sp³-hybridized carbons (Fsp3) is 0.435. The Bertz CT molecular complexity index is 836. The van der Waals surface area contributed by atoms with Crippen molar-refractivity contribution in [1.29, 1.82) is 0 Å². The number of nitrogens with one attached hydrogen (secondary N) is 1. The highest BCUT2D eigenvalue weighted by Crippen LogP contribution is 2.31. The largest absolute Gasteiger partial charge is 0.399 e.